The van der Waals surface area contributed by atoms with Gasteiger partial charge >= 0.3 is 0 Å². The summed E-state index contributed by atoms with van der Waals surface area (Å²) < 4.78 is 36.4. The van der Waals surface area contributed by atoms with Gasteiger partial charge in [0.2, 0.25) is 6.03 Å². The fraction of sp³-hybridized carbons (Fsp3) is 1.00. The van der Waals surface area contributed by atoms with Crippen molar-refractivity contribution in [3.8, 4) is 0 Å². The largest absolute Gasteiger partial charge is 0.405 e. The van der Waals surface area contributed by atoms with Gasteiger partial charge in [0.05, 0.1) is 6.61 Å². The van der Waals surface area contributed by atoms with E-state index in [0.29, 0.717) is 26.2 Å². The Morgan fingerprint density at radius 2 is 1.48 bits per heavy atom. The van der Waals surface area contributed by atoms with Crippen LogP contribution in [0.1, 0.15) is 40.5 Å². The van der Waals surface area contributed by atoms with Crippen molar-refractivity contribution in [2.24, 2.45) is 0 Å². The van der Waals surface area contributed by atoms with Crippen LogP contribution in [0.5, 0.6) is 0 Å². The number of hydrogen-bond donors (Lipinski definition) is 0. The van der Waals surface area contributed by atoms with Crippen LogP contribution in [0.3, 0.4) is 0 Å². The van der Waals surface area contributed by atoms with Crippen molar-refractivity contribution in [1.29, 1.82) is 0 Å². The Labute approximate surface area is 131 Å². The molecule has 0 aromatic rings. The quantitative estimate of drug-likeness (QED) is 0.294. The van der Waals surface area contributed by atoms with E-state index in [1.807, 2.05) is 27.7 Å². The first-order valence-corrected chi connectivity index (χ1v) is 13.1. The molecule has 128 valence electrons. The fourth-order valence-electron chi connectivity index (χ4n) is 1.99. The predicted octanol–water partition coefficient (Wildman–Crippen LogP) is 4.64. The third kappa shape index (κ3) is 7.40. The van der Waals surface area contributed by atoms with E-state index in [0.717, 1.165) is 6.42 Å². The van der Waals surface area contributed by atoms with E-state index in [1.54, 1.807) is 0 Å². The summed E-state index contributed by atoms with van der Waals surface area (Å²) in [6, 6.07) is -0.847. The van der Waals surface area contributed by atoms with E-state index in [-0.39, 0.29) is 0 Å². The van der Waals surface area contributed by atoms with Crippen molar-refractivity contribution in [3.05, 3.63) is 0 Å². The van der Waals surface area contributed by atoms with Crippen LogP contribution < -0.4 is 0 Å². The van der Waals surface area contributed by atoms with Crippen LogP contribution in [0.4, 0.5) is 0 Å². The van der Waals surface area contributed by atoms with Crippen LogP contribution in [-0.4, -0.2) is 40.0 Å². The molecule has 0 aliphatic rings. The topological polar surface area (TPSA) is 54.0 Å². The monoisotopic (exact) mass is 340 g/mol. The summed E-state index contributed by atoms with van der Waals surface area (Å²) in [6.45, 7) is 15.1. The van der Waals surface area contributed by atoms with Gasteiger partial charge in [-0.05, 0) is 46.8 Å². The van der Waals surface area contributed by atoms with E-state index < -0.39 is 27.6 Å². The molecule has 0 aliphatic heterocycles. The molecule has 7 heteroatoms. The van der Waals surface area contributed by atoms with Gasteiger partial charge in [-0.3, -0.25) is 4.57 Å². The predicted molar refractivity (Wildman–Crippen MR) is 89.4 cm³/mol. The average Bonchev–Trinajstić information content (AvgIpc) is 2.36. The Kier molecular flexibility index (Phi) is 10.3. The molecule has 0 amide bonds. The first kappa shape index (κ1) is 21.3. The minimum Gasteiger partial charge on any atom is -0.405 e. The zero-order valence-electron chi connectivity index (χ0n) is 14.7. The lowest BCUT2D eigenvalue weighted by atomic mass is 10.4. The Hall–Kier alpha value is 0.287. The van der Waals surface area contributed by atoms with Crippen LogP contribution in [0.25, 0.3) is 0 Å². The van der Waals surface area contributed by atoms with Gasteiger partial charge in [0.1, 0.15) is 5.85 Å². The molecule has 2 unspecified atom stereocenters. The molecule has 0 aliphatic carbocycles. The maximum Gasteiger partial charge on any atom is 0.284 e. The van der Waals surface area contributed by atoms with E-state index >= 15 is 0 Å². The molecule has 0 rings (SSSR count). The standard InChI is InChI=1S/C14H33O5PSi/c1-8-12-13(19-21(5,6)7)20(15,18-11-4)14(16-9-2)17-10-3/h13-14H,8-12H2,1-7H3. The lowest BCUT2D eigenvalue weighted by molar-refractivity contribution is -0.0920. The molecule has 0 bridgehead atoms. The zero-order chi connectivity index (χ0) is 16.5. The molecule has 0 heterocycles. The molecule has 0 radical (unpaired) electrons. The second-order valence-electron chi connectivity index (χ2n) is 5.75. The summed E-state index contributed by atoms with van der Waals surface area (Å²) in [5.74, 6) is -0.461. The van der Waals surface area contributed by atoms with Gasteiger partial charge in [-0.25, -0.2) is 0 Å². The molecule has 0 aromatic heterocycles. The summed E-state index contributed by atoms with van der Waals surface area (Å²) in [4.78, 5) is 0. The van der Waals surface area contributed by atoms with Crippen molar-refractivity contribution in [3.63, 3.8) is 0 Å². The molecule has 2 atom stereocenters. The van der Waals surface area contributed by atoms with Gasteiger partial charge < -0.3 is 18.4 Å². The second kappa shape index (κ2) is 10.1. The highest BCUT2D eigenvalue weighted by atomic mass is 31.2. The second-order valence-corrected chi connectivity index (χ2v) is 12.8. The van der Waals surface area contributed by atoms with Crippen LogP contribution >= 0.6 is 7.37 Å². The summed E-state index contributed by atoms with van der Waals surface area (Å²) >= 11 is 0. The molecule has 0 aromatic carbocycles. The molecule has 0 saturated carbocycles. The lowest BCUT2D eigenvalue weighted by Gasteiger charge is -2.35. The van der Waals surface area contributed by atoms with Gasteiger partial charge in [-0.15, -0.1) is 0 Å². The summed E-state index contributed by atoms with van der Waals surface area (Å²) in [5, 5.41) is 0. The maximum absolute atomic E-state index is 13.5. The average molecular weight is 340 g/mol. The first-order chi connectivity index (χ1) is 9.75. The minimum absolute atomic E-state index is 0.350. The number of ether oxygens (including phenoxy) is 2. The highest BCUT2D eigenvalue weighted by molar-refractivity contribution is 7.60. The Morgan fingerprint density at radius 1 is 0.952 bits per heavy atom. The maximum atomic E-state index is 13.5. The normalized spacial score (nSPS) is 17.0. The number of rotatable bonds is 12. The van der Waals surface area contributed by atoms with Crippen LogP contribution in [0.2, 0.25) is 19.6 Å². The number of hydrogen-bond acceptors (Lipinski definition) is 5. The minimum atomic E-state index is -3.22. The van der Waals surface area contributed by atoms with E-state index in [2.05, 4.69) is 19.6 Å². The van der Waals surface area contributed by atoms with Crippen molar-refractivity contribution >= 4 is 15.7 Å². The van der Waals surface area contributed by atoms with Gasteiger partial charge in [0, 0.05) is 13.2 Å². The molecule has 0 spiro atoms. The van der Waals surface area contributed by atoms with Gasteiger partial charge in [-0.2, -0.15) is 0 Å². The third-order valence-electron chi connectivity index (χ3n) is 2.67. The molecular weight excluding hydrogens is 307 g/mol. The van der Waals surface area contributed by atoms with Crippen molar-refractivity contribution in [1.82, 2.24) is 0 Å². The van der Waals surface area contributed by atoms with Gasteiger partial charge in [0.15, 0.2) is 8.32 Å². The van der Waals surface area contributed by atoms with E-state index in [4.69, 9.17) is 18.4 Å². The SMILES string of the molecule is CCCC(O[Si](C)(C)C)P(=O)(OCC)C(OCC)OCC. The van der Waals surface area contributed by atoms with Crippen LogP contribution in [0, 0.1) is 0 Å². The summed E-state index contributed by atoms with van der Waals surface area (Å²) in [5.41, 5.74) is 0. The molecule has 5 nitrogen and oxygen atoms in total. The third-order valence-corrected chi connectivity index (χ3v) is 6.57. The van der Waals surface area contributed by atoms with Crippen LogP contribution in [0.15, 0.2) is 0 Å². The summed E-state index contributed by atoms with van der Waals surface area (Å²) in [6.07, 6.45) is 1.55. The molecule has 0 fully saturated rings. The molecule has 21 heavy (non-hydrogen) atoms. The van der Waals surface area contributed by atoms with E-state index in [1.165, 1.54) is 0 Å². The highest BCUT2D eigenvalue weighted by Crippen LogP contribution is 2.59. The zero-order valence-corrected chi connectivity index (χ0v) is 16.6. The fourth-order valence-corrected chi connectivity index (χ4v) is 6.76. The smallest absolute Gasteiger partial charge is 0.284 e. The van der Waals surface area contributed by atoms with Crippen LogP contribution in [-0.2, 0) is 23.0 Å². The molecular formula is C14H33O5PSi. The van der Waals surface area contributed by atoms with Crippen molar-refractivity contribution in [2.75, 3.05) is 19.8 Å². The highest BCUT2D eigenvalue weighted by Gasteiger charge is 2.45. The van der Waals surface area contributed by atoms with Crippen molar-refractivity contribution in [2.45, 2.75) is 72.1 Å². The Bertz CT molecular complexity index is 313. The Balaban J connectivity index is 5.44. The first-order valence-electron chi connectivity index (χ1n) is 7.90. The van der Waals surface area contributed by atoms with E-state index in [9.17, 15) is 4.57 Å². The lowest BCUT2D eigenvalue weighted by Crippen LogP contribution is -2.36. The Morgan fingerprint density at radius 3 is 1.81 bits per heavy atom. The van der Waals surface area contributed by atoms with Gasteiger partial charge in [0.25, 0.3) is 7.37 Å². The molecule has 0 N–H and O–H groups in total. The molecule has 0 saturated heterocycles. The summed E-state index contributed by atoms with van der Waals surface area (Å²) in [7, 11) is -5.07. The van der Waals surface area contributed by atoms with Gasteiger partial charge in [-0.1, -0.05) is 13.3 Å². The van der Waals surface area contributed by atoms with Crippen molar-refractivity contribution < 1.29 is 23.0 Å².